The zero-order valence-electron chi connectivity index (χ0n) is 39.7. The third kappa shape index (κ3) is 10.4. The van der Waals surface area contributed by atoms with E-state index >= 15 is 0 Å². The first-order valence-electron chi connectivity index (χ1n) is 23.5. The van der Waals surface area contributed by atoms with Crippen molar-refractivity contribution in [1.82, 2.24) is 30.3 Å². The highest BCUT2D eigenvalue weighted by Gasteiger charge is 2.38. The summed E-state index contributed by atoms with van der Waals surface area (Å²) >= 11 is 1.44. The molecule has 356 valence electrons. The monoisotopic (exact) mass is 933 g/mol. The van der Waals surface area contributed by atoms with Crippen LogP contribution >= 0.6 is 11.3 Å². The number of alkyl carbamates (subject to hydrolysis) is 1. The number of thiazole rings is 1. The summed E-state index contributed by atoms with van der Waals surface area (Å²) in [6.07, 6.45) is 3.17. The van der Waals surface area contributed by atoms with Crippen LogP contribution in [-0.4, -0.2) is 108 Å². The summed E-state index contributed by atoms with van der Waals surface area (Å²) in [7, 11) is 1.72. The maximum absolute atomic E-state index is 14.3. The van der Waals surface area contributed by atoms with Crippen LogP contribution in [-0.2, 0) is 65.7 Å². The predicted octanol–water partition coefficient (Wildman–Crippen LogP) is 7.57. The Kier molecular flexibility index (Phi) is 13.5. The van der Waals surface area contributed by atoms with E-state index < -0.39 is 35.2 Å². The van der Waals surface area contributed by atoms with Gasteiger partial charge in [0.05, 0.1) is 78.1 Å². The molecular formula is C51H63N7O8S. The molecule has 2 amide bonds. The van der Waals surface area contributed by atoms with Gasteiger partial charge in [-0.2, -0.15) is 0 Å². The Bertz CT molecular complexity index is 2620. The number of esters is 1. The zero-order valence-corrected chi connectivity index (χ0v) is 40.5. The smallest absolute Gasteiger partial charge is 0.408 e. The fourth-order valence-corrected chi connectivity index (χ4v) is 10.5. The summed E-state index contributed by atoms with van der Waals surface area (Å²) in [6, 6.07) is 15.2. The Balaban J connectivity index is 1.22. The second-order valence-corrected chi connectivity index (χ2v) is 20.9. The van der Waals surface area contributed by atoms with Gasteiger partial charge < -0.3 is 38.5 Å². The predicted molar refractivity (Wildman–Crippen MR) is 257 cm³/mol. The lowest BCUT2D eigenvalue weighted by Gasteiger charge is -2.35. The number of pyridine rings is 1. The minimum Gasteiger partial charge on any atom is -0.464 e. The van der Waals surface area contributed by atoms with Crippen LogP contribution in [0.3, 0.4) is 0 Å². The Labute approximate surface area is 396 Å². The molecule has 67 heavy (non-hydrogen) atoms. The molecule has 1 unspecified atom stereocenters. The number of morpholine rings is 1. The van der Waals surface area contributed by atoms with Gasteiger partial charge in [-0.05, 0) is 81.8 Å². The number of carbonyl (C=O) groups is 3. The number of aromatic nitrogens is 3. The van der Waals surface area contributed by atoms with Crippen molar-refractivity contribution in [1.29, 1.82) is 0 Å². The highest BCUT2D eigenvalue weighted by atomic mass is 32.1. The zero-order chi connectivity index (χ0) is 47.0. The van der Waals surface area contributed by atoms with Gasteiger partial charge in [-0.3, -0.25) is 19.6 Å². The lowest BCUT2D eigenvalue weighted by molar-refractivity contribution is -0.155. The van der Waals surface area contributed by atoms with Crippen LogP contribution < -0.4 is 15.6 Å². The van der Waals surface area contributed by atoms with Crippen molar-refractivity contribution in [2.75, 3.05) is 51.5 Å². The molecule has 3 aromatic heterocycles. The Hall–Kier alpha value is -5.39. The van der Waals surface area contributed by atoms with Crippen LogP contribution in [0.5, 0.6) is 0 Å². The van der Waals surface area contributed by atoms with Gasteiger partial charge in [0.2, 0.25) is 0 Å². The summed E-state index contributed by atoms with van der Waals surface area (Å²) in [6.45, 7) is 16.0. The van der Waals surface area contributed by atoms with E-state index in [0.717, 1.165) is 74.6 Å². The van der Waals surface area contributed by atoms with Crippen LogP contribution in [0.1, 0.15) is 87.9 Å². The average molecular weight is 934 g/mol. The molecule has 2 saturated heterocycles. The minimum atomic E-state index is -1.02. The molecule has 5 aromatic rings. The van der Waals surface area contributed by atoms with E-state index in [1.165, 1.54) is 16.3 Å². The van der Waals surface area contributed by atoms with Crippen molar-refractivity contribution >= 4 is 45.9 Å². The molecule has 4 aliphatic rings. The molecule has 9 rings (SSSR count). The molecule has 0 saturated carbocycles. The normalized spacial score (nSPS) is 21.7. The summed E-state index contributed by atoms with van der Waals surface area (Å²) in [5.41, 5.74) is 11.8. The number of amides is 2. The highest BCUT2D eigenvalue weighted by molar-refractivity contribution is 7.10. The lowest BCUT2D eigenvalue weighted by atomic mass is 9.84. The van der Waals surface area contributed by atoms with E-state index in [1.54, 1.807) is 27.9 Å². The minimum absolute atomic E-state index is 0.118. The van der Waals surface area contributed by atoms with Gasteiger partial charge in [-0.1, -0.05) is 44.2 Å². The topological polar surface area (TPSA) is 159 Å². The van der Waals surface area contributed by atoms with E-state index in [4.69, 9.17) is 33.7 Å². The van der Waals surface area contributed by atoms with E-state index in [-0.39, 0.29) is 31.1 Å². The van der Waals surface area contributed by atoms with Gasteiger partial charge in [-0.25, -0.2) is 15.2 Å². The first-order valence-corrected chi connectivity index (χ1v) is 24.4. The number of rotatable bonds is 8. The number of nitrogens with one attached hydrogen (secondary N) is 2. The SMILES string of the molecule is CO[C@@H](C)c1ncc(N2CCOCC2)cc1-c1c2c3cc(cc4c3n1CC(OCc1ccccc1)C4)-c1csc(n1)C[C@H](NC(=O)OC(C)(C)C)C(=O)N1CCC[C@H](N1)C(=O)OCC(C)(C)C2. The van der Waals surface area contributed by atoms with Crippen LogP contribution in [0.4, 0.5) is 10.5 Å². The maximum Gasteiger partial charge on any atom is 0.408 e. The third-order valence-electron chi connectivity index (χ3n) is 13.0. The van der Waals surface area contributed by atoms with Gasteiger partial charge >= 0.3 is 12.1 Å². The van der Waals surface area contributed by atoms with Crippen LogP contribution in [0, 0.1) is 5.41 Å². The molecule has 6 bridgehead atoms. The molecule has 4 aliphatic heterocycles. The summed E-state index contributed by atoms with van der Waals surface area (Å²) in [5, 5.41) is 8.03. The fraction of sp³-hybridized carbons (Fsp3) is 0.510. The third-order valence-corrected chi connectivity index (χ3v) is 13.9. The molecule has 2 N–H and O–H groups in total. The van der Waals surface area contributed by atoms with Crippen LogP contribution in [0.2, 0.25) is 0 Å². The van der Waals surface area contributed by atoms with Gasteiger partial charge in [-0.15, -0.1) is 11.3 Å². The number of benzene rings is 2. The van der Waals surface area contributed by atoms with Crippen molar-refractivity contribution in [3.8, 4) is 22.5 Å². The number of hydrogen-bond donors (Lipinski definition) is 2. The van der Waals surface area contributed by atoms with Gasteiger partial charge in [0.15, 0.2) is 0 Å². The van der Waals surface area contributed by atoms with Crippen LogP contribution in [0.25, 0.3) is 33.4 Å². The van der Waals surface area contributed by atoms with Gasteiger partial charge in [0, 0.05) is 73.4 Å². The second-order valence-electron chi connectivity index (χ2n) is 20.0. The summed E-state index contributed by atoms with van der Waals surface area (Å²) < 4.78 is 32.9. The molecule has 2 fully saturated rings. The number of methoxy groups -OCH3 is 1. The Morgan fingerprint density at radius 1 is 1.07 bits per heavy atom. The number of fused-ring (bicyclic) bond motifs is 6. The van der Waals surface area contributed by atoms with Gasteiger partial charge in [0.1, 0.15) is 17.7 Å². The van der Waals surface area contributed by atoms with Crippen molar-refractivity contribution in [3.05, 3.63) is 87.5 Å². The number of carbonyl (C=O) groups excluding carboxylic acids is 3. The summed E-state index contributed by atoms with van der Waals surface area (Å²) in [4.78, 5) is 54.2. The van der Waals surface area contributed by atoms with E-state index in [0.29, 0.717) is 63.6 Å². The van der Waals surface area contributed by atoms with Crippen molar-refractivity contribution in [2.45, 2.75) is 117 Å². The molecule has 0 aliphatic carbocycles. The lowest BCUT2D eigenvalue weighted by Crippen LogP contribution is -2.60. The number of anilines is 1. The molecular weight excluding hydrogens is 871 g/mol. The van der Waals surface area contributed by atoms with Crippen LogP contribution in [0.15, 0.2) is 60.1 Å². The Morgan fingerprint density at radius 3 is 2.63 bits per heavy atom. The largest absolute Gasteiger partial charge is 0.464 e. The molecule has 4 atom stereocenters. The number of hydrogen-bond acceptors (Lipinski definition) is 13. The number of nitrogens with zero attached hydrogens (tertiary/aromatic N) is 5. The molecule has 2 aromatic carbocycles. The quantitative estimate of drug-likeness (QED) is 0.147. The highest BCUT2D eigenvalue weighted by Crippen LogP contribution is 2.46. The number of hydrazine groups is 1. The van der Waals surface area contributed by atoms with Crippen molar-refractivity contribution in [2.24, 2.45) is 5.41 Å². The van der Waals surface area contributed by atoms with Gasteiger partial charge in [0.25, 0.3) is 5.91 Å². The average Bonchev–Trinajstić information content (AvgIpc) is 3.91. The van der Waals surface area contributed by atoms with E-state index in [2.05, 4.69) is 64.4 Å². The molecule has 16 heteroatoms. The molecule has 7 heterocycles. The first kappa shape index (κ1) is 46.7. The Morgan fingerprint density at radius 2 is 1.87 bits per heavy atom. The standard InChI is InChI=1S/C51H63N7O8S/c1-31(62-7)44-38(23-35(26-52-44)56-16-18-63-19-17-56)46-39-25-51(5,6)30-65-48(60)40-14-11-15-58(55-40)47(59)41(54-49(61)66-50(2,3)4)24-43-53-42(29-67-43)33-20-34-21-36(27-57(46)45(34)37(39)22-33)64-28-32-12-9-8-10-13-32/h8-10,12-13,20,22-23,26,29,31,36,40-41,55H,11,14-19,21,24-25,27-28,30H2,1-7H3,(H,54,61)/t31-,36?,40-,41-/m0/s1. The van der Waals surface area contributed by atoms with Crippen molar-refractivity contribution < 1.29 is 38.1 Å². The fourth-order valence-electron chi connectivity index (χ4n) is 9.68. The first-order chi connectivity index (χ1) is 32.1. The maximum atomic E-state index is 14.3. The number of cyclic esters (lactones) is 1. The molecule has 0 radical (unpaired) electrons. The summed E-state index contributed by atoms with van der Waals surface area (Å²) in [5.74, 6) is -0.822. The van der Waals surface area contributed by atoms with E-state index in [9.17, 15) is 14.4 Å². The molecule has 0 spiro atoms. The number of ether oxygens (including phenoxy) is 5. The van der Waals surface area contributed by atoms with E-state index in [1.807, 2.05) is 36.7 Å². The second kappa shape index (κ2) is 19.3. The molecule has 15 nitrogen and oxygen atoms in total. The van der Waals surface area contributed by atoms with Crippen molar-refractivity contribution in [3.63, 3.8) is 0 Å².